The average molecular weight is 289 g/mol. The third-order valence-electron chi connectivity index (χ3n) is 2.89. The Morgan fingerprint density at radius 1 is 1.33 bits per heavy atom. The molecule has 0 N–H and O–H groups in total. The molecule has 0 amide bonds. The summed E-state index contributed by atoms with van der Waals surface area (Å²) in [5.41, 5.74) is 1.01. The standard InChI is InChI=1S/C15H19N3O3/c1-9-6-7-11(8-16-9)13(19)20-10(2)12-17-14(18-21-12)15(3,4)5/h6-8,10H,1-5H3. The Balaban J connectivity index is 2.07. The number of nitrogens with zero attached hydrogens (tertiary/aromatic N) is 3. The van der Waals surface area contributed by atoms with E-state index in [1.807, 2.05) is 27.7 Å². The summed E-state index contributed by atoms with van der Waals surface area (Å²) in [5.74, 6) is 0.399. The minimum Gasteiger partial charge on any atom is -0.449 e. The molecule has 2 rings (SSSR count). The molecule has 2 heterocycles. The van der Waals surface area contributed by atoms with Gasteiger partial charge >= 0.3 is 5.97 Å². The van der Waals surface area contributed by atoms with E-state index in [1.165, 1.54) is 6.20 Å². The second kappa shape index (κ2) is 5.63. The van der Waals surface area contributed by atoms with E-state index in [0.29, 0.717) is 11.4 Å². The first kappa shape index (κ1) is 15.2. The van der Waals surface area contributed by atoms with Crippen LogP contribution in [-0.2, 0) is 10.2 Å². The van der Waals surface area contributed by atoms with Crippen LogP contribution in [0, 0.1) is 6.92 Å². The predicted octanol–water partition coefficient (Wildman–Crippen LogP) is 2.99. The lowest BCUT2D eigenvalue weighted by atomic mass is 9.96. The van der Waals surface area contributed by atoms with Crippen LogP contribution >= 0.6 is 0 Å². The van der Waals surface area contributed by atoms with E-state index in [4.69, 9.17) is 9.26 Å². The largest absolute Gasteiger partial charge is 0.449 e. The van der Waals surface area contributed by atoms with Crippen LogP contribution in [-0.4, -0.2) is 21.1 Å². The molecular weight excluding hydrogens is 270 g/mol. The summed E-state index contributed by atoms with van der Waals surface area (Å²) in [6.45, 7) is 9.49. The topological polar surface area (TPSA) is 78.1 Å². The smallest absolute Gasteiger partial charge is 0.340 e. The van der Waals surface area contributed by atoms with Crippen molar-refractivity contribution in [2.24, 2.45) is 0 Å². The van der Waals surface area contributed by atoms with Crippen LogP contribution in [0.2, 0.25) is 0 Å². The number of aryl methyl sites for hydroxylation is 1. The van der Waals surface area contributed by atoms with E-state index in [0.717, 1.165) is 5.69 Å². The molecule has 0 saturated heterocycles. The second-order valence-electron chi connectivity index (χ2n) is 5.94. The zero-order valence-electron chi connectivity index (χ0n) is 12.9. The normalized spacial score (nSPS) is 13.0. The van der Waals surface area contributed by atoms with Gasteiger partial charge in [-0.05, 0) is 26.0 Å². The summed E-state index contributed by atoms with van der Waals surface area (Å²) >= 11 is 0. The number of carbonyl (C=O) groups is 1. The van der Waals surface area contributed by atoms with Crippen molar-refractivity contribution in [2.75, 3.05) is 0 Å². The Morgan fingerprint density at radius 2 is 2.05 bits per heavy atom. The Hall–Kier alpha value is -2.24. The van der Waals surface area contributed by atoms with Crippen molar-refractivity contribution >= 4 is 5.97 Å². The number of carbonyl (C=O) groups excluding carboxylic acids is 1. The zero-order valence-corrected chi connectivity index (χ0v) is 12.9. The fourth-order valence-corrected chi connectivity index (χ4v) is 1.57. The number of ether oxygens (including phenoxy) is 1. The summed E-state index contributed by atoms with van der Waals surface area (Å²) in [4.78, 5) is 20.3. The molecule has 1 unspecified atom stereocenters. The molecule has 2 aromatic rings. The van der Waals surface area contributed by atoms with Crippen LogP contribution in [0.5, 0.6) is 0 Å². The first-order valence-corrected chi connectivity index (χ1v) is 6.75. The van der Waals surface area contributed by atoms with Gasteiger partial charge in [0.25, 0.3) is 5.89 Å². The van der Waals surface area contributed by atoms with Crippen LogP contribution in [0.3, 0.4) is 0 Å². The molecule has 2 aromatic heterocycles. The van der Waals surface area contributed by atoms with E-state index in [2.05, 4.69) is 15.1 Å². The Kier molecular flexibility index (Phi) is 4.06. The molecule has 6 nitrogen and oxygen atoms in total. The molecule has 0 fully saturated rings. The minimum absolute atomic E-state index is 0.216. The van der Waals surface area contributed by atoms with Crippen molar-refractivity contribution in [1.29, 1.82) is 0 Å². The van der Waals surface area contributed by atoms with E-state index in [1.54, 1.807) is 19.1 Å². The van der Waals surface area contributed by atoms with Gasteiger partial charge in [0.1, 0.15) is 0 Å². The number of hydrogen-bond donors (Lipinski definition) is 0. The minimum atomic E-state index is -0.609. The highest BCUT2D eigenvalue weighted by atomic mass is 16.6. The maximum absolute atomic E-state index is 12.0. The quantitative estimate of drug-likeness (QED) is 0.808. The van der Waals surface area contributed by atoms with Gasteiger partial charge in [-0.2, -0.15) is 4.98 Å². The zero-order chi connectivity index (χ0) is 15.6. The Morgan fingerprint density at radius 3 is 2.57 bits per heavy atom. The van der Waals surface area contributed by atoms with Crippen molar-refractivity contribution in [1.82, 2.24) is 15.1 Å². The third kappa shape index (κ3) is 3.65. The van der Waals surface area contributed by atoms with Gasteiger partial charge in [0.05, 0.1) is 5.56 Å². The SMILES string of the molecule is Cc1ccc(C(=O)OC(C)c2nc(C(C)(C)C)no2)cn1. The molecule has 0 aliphatic rings. The number of pyridine rings is 1. The first-order valence-electron chi connectivity index (χ1n) is 6.75. The van der Waals surface area contributed by atoms with Crippen molar-refractivity contribution in [3.05, 3.63) is 41.3 Å². The highest BCUT2D eigenvalue weighted by Gasteiger charge is 2.25. The van der Waals surface area contributed by atoms with Crippen molar-refractivity contribution in [2.45, 2.75) is 46.1 Å². The number of aromatic nitrogens is 3. The predicted molar refractivity (Wildman–Crippen MR) is 75.8 cm³/mol. The summed E-state index contributed by atoms with van der Waals surface area (Å²) in [5, 5.41) is 3.91. The van der Waals surface area contributed by atoms with Gasteiger partial charge in [0.2, 0.25) is 0 Å². The molecule has 0 bridgehead atoms. The molecule has 0 saturated carbocycles. The van der Waals surface area contributed by atoms with Crippen molar-refractivity contribution < 1.29 is 14.1 Å². The summed E-state index contributed by atoms with van der Waals surface area (Å²) in [6.07, 6.45) is 0.876. The Labute approximate surface area is 123 Å². The van der Waals surface area contributed by atoms with Gasteiger partial charge in [0.15, 0.2) is 11.9 Å². The molecule has 1 atom stereocenters. The van der Waals surface area contributed by atoms with Crippen molar-refractivity contribution in [3.63, 3.8) is 0 Å². The summed E-state index contributed by atoms with van der Waals surface area (Å²) in [6, 6.07) is 3.43. The van der Waals surface area contributed by atoms with E-state index >= 15 is 0 Å². The molecule has 0 aliphatic heterocycles. The maximum Gasteiger partial charge on any atom is 0.340 e. The monoisotopic (exact) mass is 289 g/mol. The molecule has 0 radical (unpaired) electrons. The van der Waals surface area contributed by atoms with Gasteiger partial charge in [-0.3, -0.25) is 4.98 Å². The van der Waals surface area contributed by atoms with Gasteiger partial charge in [0, 0.05) is 17.3 Å². The van der Waals surface area contributed by atoms with Gasteiger partial charge in [-0.15, -0.1) is 0 Å². The number of rotatable bonds is 3. The molecule has 0 aliphatic carbocycles. The molecule has 21 heavy (non-hydrogen) atoms. The van der Waals surface area contributed by atoms with Crippen LogP contribution in [0.4, 0.5) is 0 Å². The maximum atomic E-state index is 12.0. The summed E-state index contributed by atoms with van der Waals surface area (Å²) in [7, 11) is 0. The fraction of sp³-hybridized carbons (Fsp3) is 0.467. The van der Waals surface area contributed by atoms with Crippen LogP contribution in [0.15, 0.2) is 22.9 Å². The Bertz CT molecular complexity index is 626. The lowest BCUT2D eigenvalue weighted by molar-refractivity contribution is 0.0265. The van der Waals surface area contributed by atoms with Gasteiger partial charge in [-0.1, -0.05) is 25.9 Å². The lowest BCUT2D eigenvalue weighted by Crippen LogP contribution is -2.14. The van der Waals surface area contributed by atoms with Crippen LogP contribution in [0.1, 0.15) is 61.6 Å². The van der Waals surface area contributed by atoms with Crippen LogP contribution in [0.25, 0.3) is 0 Å². The summed E-state index contributed by atoms with van der Waals surface area (Å²) < 4.78 is 10.5. The highest BCUT2D eigenvalue weighted by Crippen LogP contribution is 2.22. The van der Waals surface area contributed by atoms with Crippen molar-refractivity contribution in [3.8, 4) is 0 Å². The number of hydrogen-bond acceptors (Lipinski definition) is 6. The first-order chi connectivity index (χ1) is 9.77. The fourth-order valence-electron chi connectivity index (χ4n) is 1.57. The van der Waals surface area contributed by atoms with Crippen LogP contribution < -0.4 is 0 Å². The molecule has 6 heteroatoms. The van der Waals surface area contributed by atoms with E-state index in [-0.39, 0.29) is 11.3 Å². The van der Waals surface area contributed by atoms with E-state index in [9.17, 15) is 4.79 Å². The molecular formula is C15H19N3O3. The second-order valence-corrected chi connectivity index (χ2v) is 5.94. The van der Waals surface area contributed by atoms with Gasteiger partial charge in [-0.25, -0.2) is 4.79 Å². The highest BCUT2D eigenvalue weighted by molar-refractivity contribution is 5.89. The average Bonchev–Trinajstić information content (AvgIpc) is 2.88. The molecule has 0 spiro atoms. The molecule has 0 aromatic carbocycles. The lowest BCUT2D eigenvalue weighted by Gasteiger charge is -2.11. The third-order valence-corrected chi connectivity index (χ3v) is 2.89. The molecule has 112 valence electrons. The van der Waals surface area contributed by atoms with Gasteiger partial charge < -0.3 is 9.26 Å². The number of esters is 1. The van der Waals surface area contributed by atoms with E-state index < -0.39 is 12.1 Å².